The number of halogens is 1. The number of aliphatic hydroxyl groups excluding tert-OH is 1. The van der Waals surface area contributed by atoms with Crippen LogP contribution in [0.5, 0.6) is 0 Å². The van der Waals surface area contributed by atoms with Crippen molar-refractivity contribution in [3.05, 3.63) is 65.0 Å². The predicted octanol–water partition coefficient (Wildman–Crippen LogP) is 3.83. The summed E-state index contributed by atoms with van der Waals surface area (Å²) in [6.45, 7) is 3.18. The maximum atomic E-state index is 14.4. The van der Waals surface area contributed by atoms with E-state index in [1.165, 1.54) is 17.2 Å². The first kappa shape index (κ1) is 14.1. The molecule has 0 saturated carbocycles. The van der Waals surface area contributed by atoms with E-state index in [4.69, 9.17) is 0 Å². The Hall–Kier alpha value is -1.87. The third kappa shape index (κ3) is 2.79. The Kier molecular flexibility index (Phi) is 3.93. The molecule has 21 heavy (non-hydrogen) atoms. The molecule has 1 N–H and O–H groups in total. The Morgan fingerprint density at radius 2 is 1.86 bits per heavy atom. The summed E-state index contributed by atoms with van der Waals surface area (Å²) in [6.07, 6.45) is 1.34. The zero-order valence-corrected chi connectivity index (χ0v) is 12.2. The standard InChI is InChI=1S/C18H20FNO/c1-13(21)16-9-4-10-17(19)18(16)20-11-5-8-14-6-2-3-7-15(14)12-20/h2-4,6-7,9-10,13,21H,5,8,11-12H2,1H3. The van der Waals surface area contributed by atoms with Gasteiger partial charge in [-0.2, -0.15) is 0 Å². The van der Waals surface area contributed by atoms with Crippen LogP contribution < -0.4 is 4.90 Å². The molecule has 0 fully saturated rings. The van der Waals surface area contributed by atoms with E-state index in [0.29, 0.717) is 17.8 Å². The van der Waals surface area contributed by atoms with E-state index in [1.807, 2.05) is 6.07 Å². The van der Waals surface area contributed by atoms with Crippen molar-refractivity contribution in [1.82, 2.24) is 0 Å². The Labute approximate surface area is 124 Å². The van der Waals surface area contributed by atoms with Crippen molar-refractivity contribution < 1.29 is 9.50 Å². The van der Waals surface area contributed by atoms with E-state index in [2.05, 4.69) is 23.1 Å². The molecule has 0 aliphatic carbocycles. The smallest absolute Gasteiger partial charge is 0.146 e. The van der Waals surface area contributed by atoms with Crippen LogP contribution in [0.15, 0.2) is 42.5 Å². The van der Waals surface area contributed by atoms with Gasteiger partial charge < -0.3 is 10.0 Å². The normalized spacial score (nSPS) is 16.2. The maximum Gasteiger partial charge on any atom is 0.146 e. The first-order valence-electron chi connectivity index (χ1n) is 7.45. The molecule has 2 aromatic carbocycles. The molecule has 1 heterocycles. The Morgan fingerprint density at radius 1 is 1.10 bits per heavy atom. The molecule has 1 atom stereocenters. The predicted molar refractivity (Wildman–Crippen MR) is 82.8 cm³/mol. The highest BCUT2D eigenvalue weighted by molar-refractivity contribution is 5.56. The largest absolute Gasteiger partial charge is 0.389 e. The molecule has 2 aromatic rings. The Balaban J connectivity index is 2.02. The van der Waals surface area contributed by atoms with Gasteiger partial charge in [0, 0.05) is 18.7 Å². The van der Waals surface area contributed by atoms with Gasteiger partial charge in [-0.1, -0.05) is 36.4 Å². The number of aryl methyl sites for hydroxylation is 1. The van der Waals surface area contributed by atoms with Crippen molar-refractivity contribution in [2.24, 2.45) is 0 Å². The monoisotopic (exact) mass is 285 g/mol. The molecule has 1 aliphatic rings. The molecule has 1 aliphatic heterocycles. The number of anilines is 1. The molecule has 3 heteroatoms. The maximum absolute atomic E-state index is 14.4. The van der Waals surface area contributed by atoms with E-state index in [1.54, 1.807) is 19.1 Å². The third-order valence-electron chi connectivity index (χ3n) is 4.14. The number of hydrogen-bond acceptors (Lipinski definition) is 2. The molecule has 3 rings (SSSR count). The first-order valence-corrected chi connectivity index (χ1v) is 7.45. The van der Waals surface area contributed by atoms with Crippen LogP contribution in [0.4, 0.5) is 10.1 Å². The number of nitrogens with zero attached hydrogens (tertiary/aromatic N) is 1. The highest BCUT2D eigenvalue weighted by Crippen LogP contribution is 2.32. The van der Waals surface area contributed by atoms with Gasteiger partial charge in [-0.05, 0) is 37.0 Å². The van der Waals surface area contributed by atoms with E-state index in [-0.39, 0.29) is 5.82 Å². The summed E-state index contributed by atoms with van der Waals surface area (Å²) in [7, 11) is 0. The summed E-state index contributed by atoms with van der Waals surface area (Å²) in [5.74, 6) is -0.257. The van der Waals surface area contributed by atoms with Crippen LogP contribution in [-0.4, -0.2) is 11.7 Å². The van der Waals surface area contributed by atoms with Crippen LogP contribution in [0.3, 0.4) is 0 Å². The molecule has 2 nitrogen and oxygen atoms in total. The Morgan fingerprint density at radius 3 is 2.62 bits per heavy atom. The quantitative estimate of drug-likeness (QED) is 0.906. The molecule has 0 spiro atoms. The lowest BCUT2D eigenvalue weighted by molar-refractivity contribution is 0.199. The second-order valence-electron chi connectivity index (χ2n) is 5.65. The molecule has 110 valence electrons. The van der Waals surface area contributed by atoms with Crippen molar-refractivity contribution >= 4 is 5.69 Å². The van der Waals surface area contributed by atoms with Crippen LogP contribution in [0, 0.1) is 5.82 Å². The number of benzene rings is 2. The van der Waals surface area contributed by atoms with Crippen LogP contribution in [0.25, 0.3) is 0 Å². The minimum atomic E-state index is -0.672. The number of hydrogen-bond donors (Lipinski definition) is 1. The summed E-state index contributed by atoms with van der Waals surface area (Å²) >= 11 is 0. The van der Waals surface area contributed by atoms with Crippen molar-refractivity contribution in [1.29, 1.82) is 0 Å². The fourth-order valence-electron chi connectivity index (χ4n) is 3.09. The molecule has 0 saturated heterocycles. The van der Waals surface area contributed by atoms with Gasteiger partial charge >= 0.3 is 0 Å². The van der Waals surface area contributed by atoms with Crippen molar-refractivity contribution in [3.63, 3.8) is 0 Å². The highest BCUT2D eigenvalue weighted by atomic mass is 19.1. The van der Waals surface area contributed by atoms with Gasteiger partial charge in [0.05, 0.1) is 11.8 Å². The number of aliphatic hydroxyl groups is 1. The minimum absolute atomic E-state index is 0.257. The number of para-hydroxylation sites is 1. The molecular weight excluding hydrogens is 265 g/mol. The zero-order chi connectivity index (χ0) is 14.8. The molecule has 0 radical (unpaired) electrons. The third-order valence-corrected chi connectivity index (χ3v) is 4.14. The van der Waals surface area contributed by atoms with E-state index in [0.717, 1.165) is 19.4 Å². The number of rotatable bonds is 2. The van der Waals surface area contributed by atoms with Crippen molar-refractivity contribution in [2.45, 2.75) is 32.4 Å². The van der Waals surface area contributed by atoms with E-state index < -0.39 is 6.10 Å². The van der Waals surface area contributed by atoms with Gasteiger partial charge in [0.25, 0.3) is 0 Å². The van der Waals surface area contributed by atoms with Crippen LogP contribution in [-0.2, 0) is 13.0 Å². The van der Waals surface area contributed by atoms with Gasteiger partial charge in [-0.25, -0.2) is 4.39 Å². The molecule has 0 bridgehead atoms. The summed E-state index contributed by atoms with van der Waals surface area (Å²) in [4.78, 5) is 2.06. The van der Waals surface area contributed by atoms with Gasteiger partial charge in [0.1, 0.15) is 5.82 Å². The van der Waals surface area contributed by atoms with Crippen molar-refractivity contribution in [3.8, 4) is 0 Å². The SMILES string of the molecule is CC(O)c1cccc(F)c1N1CCCc2ccccc2C1. The second kappa shape index (κ2) is 5.86. The highest BCUT2D eigenvalue weighted by Gasteiger charge is 2.21. The molecule has 0 amide bonds. The Bertz CT molecular complexity index is 639. The average Bonchev–Trinajstić information content (AvgIpc) is 2.68. The molecular formula is C18H20FNO. The summed E-state index contributed by atoms with van der Waals surface area (Å²) in [5.41, 5.74) is 3.79. The van der Waals surface area contributed by atoms with E-state index >= 15 is 0 Å². The van der Waals surface area contributed by atoms with Gasteiger partial charge in [0.15, 0.2) is 0 Å². The zero-order valence-electron chi connectivity index (χ0n) is 12.2. The fourth-order valence-corrected chi connectivity index (χ4v) is 3.09. The number of fused-ring (bicyclic) bond motifs is 1. The minimum Gasteiger partial charge on any atom is -0.389 e. The summed E-state index contributed by atoms with van der Waals surface area (Å²) in [6, 6.07) is 13.3. The summed E-state index contributed by atoms with van der Waals surface area (Å²) in [5, 5.41) is 9.93. The lowest BCUT2D eigenvalue weighted by atomic mass is 10.0. The van der Waals surface area contributed by atoms with Crippen LogP contribution in [0.1, 0.15) is 36.1 Å². The lowest BCUT2D eigenvalue weighted by Crippen LogP contribution is -2.25. The van der Waals surface area contributed by atoms with Gasteiger partial charge in [-0.15, -0.1) is 0 Å². The average molecular weight is 285 g/mol. The lowest BCUT2D eigenvalue weighted by Gasteiger charge is -2.27. The van der Waals surface area contributed by atoms with E-state index in [9.17, 15) is 9.50 Å². The summed E-state index contributed by atoms with van der Waals surface area (Å²) < 4.78 is 14.4. The topological polar surface area (TPSA) is 23.5 Å². The van der Waals surface area contributed by atoms with Crippen LogP contribution in [0.2, 0.25) is 0 Å². The fraction of sp³-hybridized carbons (Fsp3) is 0.333. The van der Waals surface area contributed by atoms with Crippen LogP contribution >= 0.6 is 0 Å². The molecule has 1 unspecified atom stereocenters. The second-order valence-corrected chi connectivity index (χ2v) is 5.65. The molecule has 0 aromatic heterocycles. The van der Waals surface area contributed by atoms with Crippen molar-refractivity contribution in [2.75, 3.05) is 11.4 Å². The first-order chi connectivity index (χ1) is 10.2. The van der Waals surface area contributed by atoms with Gasteiger partial charge in [-0.3, -0.25) is 0 Å². The van der Waals surface area contributed by atoms with Gasteiger partial charge in [0.2, 0.25) is 0 Å².